The largest absolute Gasteiger partial charge is 0.311 e. The first-order valence-electron chi connectivity index (χ1n) is 15.2. The van der Waals surface area contributed by atoms with Crippen molar-refractivity contribution in [2.75, 3.05) is 4.90 Å². The quantitative estimate of drug-likeness (QED) is 0.188. The van der Waals surface area contributed by atoms with Crippen LogP contribution in [-0.2, 0) is 0 Å². The summed E-state index contributed by atoms with van der Waals surface area (Å²) < 4.78 is 5.36. The summed E-state index contributed by atoms with van der Waals surface area (Å²) in [4.78, 5) is 2.31. The van der Waals surface area contributed by atoms with Crippen LogP contribution in [-0.4, -0.2) is 0 Å². The van der Waals surface area contributed by atoms with Crippen molar-refractivity contribution in [3.63, 3.8) is 0 Å². The van der Waals surface area contributed by atoms with Crippen molar-refractivity contribution < 1.29 is 0 Å². The van der Waals surface area contributed by atoms with Gasteiger partial charge in [-0.1, -0.05) is 103 Å². The van der Waals surface area contributed by atoms with Gasteiger partial charge in [0, 0.05) is 68.5 Å². The van der Waals surface area contributed by atoms with Gasteiger partial charge in [0.05, 0.1) is 0 Å². The number of hydrogen-bond acceptors (Lipinski definition) is 3. The van der Waals surface area contributed by atoms with E-state index in [0.717, 1.165) is 17.1 Å². The molecule has 212 valence electrons. The van der Waals surface area contributed by atoms with E-state index in [2.05, 4.69) is 169 Å². The lowest BCUT2D eigenvalue weighted by Gasteiger charge is -2.25. The summed E-state index contributed by atoms with van der Waals surface area (Å²) in [5, 5.41) is 5.31. The molecule has 0 aliphatic rings. The fourth-order valence-electron chi connectivity index (χ4n) is 6.56. The third kappa shape index (κ3) is 4.43. The van der Waals surface area contributed by atoms with Crippen molar-refractivity contribution in [3.8, 4) is 22.3 Å². The molecule has 2 heterocycles. The molecule has 3 heteroatoms. The molecule has 0 amide bonds. The Balaban J connectivity index is 1.24. The summed E-state index contributed by atoms with van der Waals surface area (Å²) in [6, 6.07) is 59.4. The third-order valence-electron chi connectivity index (χ3n) is 8.66. The lowest BCUT2D eigenvalue weighted by atomic mass is 9.95. The van der Waals surface area contributed by atoms with Gasteiger partial charge < -0.3 is 4.90 Å². The van der Waals surface area contributed by atoms with E-state index in [4.69, 9.17) is 0 Å². The van der Waals surface area contributed by atoms with Crippen LogP contribution in [0.4, 0.5) is 17.1 Å². The molecule has 0 saturated carbocycles. The summed E-state index contributed by atoms with van der Waals surface area (Å²) in [5.41, 5.74) is 8.47. The van der Waals surface area contributed by atoms with Gasteiger partial charge in [-0.15, -0.1) is 22.7 Å². The van der Waals surface area contributed by atoms with Crippen molar-refractivity contribution in [2.45, 2.75) is 0 Å². The molecule has 0 atom stereocenters. The molecule has 0 saturated heterocycles. The standard InChI is InChI=1S/C42H27NS2/c1-3-12-30(13-4-1)43(31-14-5-2-6-15-31)32-24-22-28(23-25-32)29-26-37-34-17-8-10-21-40(34)45-42(37)38(27-29)36-19-11-18-35-33-16-7-9-20-39(33)44-41(35)36/h1-27H. The monoisotopic (exact) mass is 609 g/mol. The van der Waals surface area contributed by atoms with Gasteiger partial charge >= 0.3 is 0 Å². The Labute approximate surface area is 269 Å². The van der Waals surface area contributed by atoms with Gasteiger partial charge in [-0.25, -0.2) is 0 Å². The van der Waals surface area contributed by atoms with E-state index in [1.165, 1.54) is 62.6 Å². The minimum absolute atomic E-state index is 1.13. The van der Waals surface area contributed by atoms with Crippen LogP contribution >= 0.6 is 22.7 Å². The molecule has 0 aliphatic carbocycles. The summed E-state index contributed by atoms with van der Waals surface area (Å²) in [5.74, 6) is 0. The lowest BCUT2D eigenvalue weighted by molar-refractivity contribution is 1.28. The predicted molar refractivity (Wildman–Crippen MR) is 198 cm³/mol. The van der Waals surface area contributed by atoms with Crippen LogP contribution < -0.4 is 4.90 Å². The minimum Gasteiger partial charge on any atom is -0.311 e. The molecule has 9 aromatic rings. The molecule has 0 fully saturated rings. The highest BCUT2D eigenvalue weighted by molar-refractivity contribution is 7.27. The second-order valence-corrected chi connectivity index (χ2v) is 13.4. The zero-order valence-corrected chi connectivity index (χ0v) is 26.0. The van der Waals surface area contributed by atoms with Gasteiger partial charge in [-0.3, -0.25) is 0 Å². The first-order chi connectivity index (χ1) is 22.3. The van der Waals surface area contributed by atoms with E-state index >= 15 is 0 Å². The molecule has 45 heavy (non-hydrogen) atoms. The SMILES string of the molecule is c1ccc(N(c2ccccc2)c2ccc(-c3cc(-c4cccc5c4sc4ccccc45)c4sc5ccccc5c4c3)cc2)cc1. The maximum atomic E-state index is 2.41. The van der Waals surface area contributed by atoms with Crippen molar-refractivity contribution >= 4 is 80.1 Å². The number of nitrogens with zero attached hydrogens (tertiary/aromatic N) is 1. The van der Waals surface area contributed by atoms with Crippen LogP contribution in [0.1, 0.15) is 0 Å². The molecular weight excluding hydrogens is 583 g/mol. The van der Waals surface area contributed by atoms with Crippen LogP contribution in [0.25, 0.3) is 62.6 Å². The Kier molecular flexibility index (Phi) is 6.26. The van der Waals surface area contributed by atoms with Crippen LogP contribution in [0.15, 0.2) is 164 Å². The predicted octanol–water partition coefficient (Wildman–Crippen LogP) is 13.2. The zero-order chi connectivity index (χ0) is 29.7. The van der Waals surface area contributed by atoms with Gasteiger partial charge in [-0.2, -0.15) is 0 Å². The number of fused-ring (bicyclic) bond motifs is 6. The van der Waals surface area contributed by atoms with E-state index in [-0.39, 0.29) is 0 Å². The van der Waals surface area contributed by atoms with Gasteiger partial charge in [-0.05, 0) is 71.8 Å². The summed E-state index contributed by atoms with van der Waals surface area (Å²) in [7, 11) is 0. The average Bonchev–Trinajstić information content (AvgIpc) is 3.68. The van der Waals surface area contributed by atoms with Crippen molar-refractivity contribution in [2.24, 2.45) is 0 Å². The number of rotatable bonds is 5. The Morgan fingerprint density at radius 3 is 1.49 bits per heavy atom. The Morgan fingerprint density at radius 2 is 0.844 bits per heavy atom. The first-order valence-corrected chi connectivity index (χ1v) is 16.8. The normalized spacial score (nSPS) is 11.6. The van der Waals surface area contributed by atoms with Gasteiger partial charge in [0.2, 0.25) is 0 Å². The van der Waals surface area contributed by atoms with E-state index in [1.54, 1.807) is 0 Å². The van der Waals surface area contributed by atoms with Gasteiger partial charge in [0.25, 0.3) is 0 Å². The van der Waals surface area contributed by atoms with Crippen LogP contribution in [0.5, 0.6) is 0 Å². The fourth-order valence-corrected chi connectivity index (χ4v) is 9.00. The zero-order valence-electron chi connectivity index (χ0n) is 24.4. The number of para-hydroxylation sites is 2. The number of benzene rings is 7. The molecule has 2 aromatic heterocycles. The molecule has 0 radical (unpaired) electrons. The molecule has 0 spiro atoms. The molecule has 0 bridgehead atoms. The van der Waals surface area contributed by atoms with E-state index < -0.39 is 0 Å². The second-order valence-electron chi connectivity index (χ2n) is 11.3. The topological polar surface area (TPSA) is 3.24 Å². The van der Waals surface area contributed by atoms with Crippen molar-refractivity contribution in [3.05, 3.63) is 164 Å². The molecule has 0 aliphatic heterocycles. The minimum atomic E-state index is 1.13. The molecular formula is C42H27NS2. The summed E-state index contributed by atoms with van der Waals surface area (Å²) in [6.07, 6.45) is 0. The maximum Gasteiger partial charge on any atom is 0.0462 e. The van der Waals surface area contributed by atoms with E-state index in [1.807, 2.05) is 22.7 Å². The number of thiophene rings is 2. The highest BCUT2D eigenvalue weighted by atomic mass is 32.1. The van der Waals surface area contributed by atoms with Gasteiger partial charge in [0.1, 0.15) is 0 Å². The highest BCUT2D eigenvalue weighted by Gasteiger charge is 2.18. The maximum absolute atomic E-state index is 2.41. The Morgan fingerprint density at radius 1 is 0.333 bits per heavy atom. The Hall–Kier alpha value is -5.22. The summed E-state index contributed by atoms with van der Waals surface area (Å²) >= 11 is 3.80. The third-order valence-corrected chi connectivity index (χ3v) is 11.1. The van der Waals surface area contributed by atoms with Crippen molar-refractivity contribution in [1.29, 1.82) is 0 Å². The average molecular weight is 610 g/mol. The van der Waals surface area contributed by atoms with Crippen molar-refractivity contribution in [1.82, 2.24) is 0 Å². The first kappa shape index (κ1) is 26.2. The molecule has 0 N–H and O–H groups in total. The molecule has 1 nitrogen and oxygen atoms in total. The van der Waals surface area contributed by atoms with E-state index in [0.29, 0.717) is 0 Å². The smallest absolute Gasteiger partial charge is 0.0462 e. The van der Waals surface area contributed by atoms with Crippen LogP contribution in [0.3, 0.4) is 0 Å². The summed E-state index contributed by atoms with van der Waals surface area (Å²) in [6.45, 7) is 0. The number of hydrogen-bond donors (Lipinski definition) is 0. The lowest BCUT2D eigenvalue weighted by Crippen LogP contribution is -2.09. The van der Waals surface area contributed by atoms with E-state index in [9.17, 15) is 0 Å². The van der Waals surface area contributed by atoms with Crippen LogP contribution in [0.2, 0.25) is 0 Å². The Bertz CT molecular complexity index is 2430. The highest BCUT2D eigenvalue weighted by Crippen LogP contribution is 2.47. The number of anilines is 3. The van der Waals surface area contributed by atoms with Crippen LogP contribution in [0, 0.1) is 0 Å². The fraction of sp³-hybridized carbons (Fsp3) is 0. The molecule has 7 aromatic carbocycles. The van der Waals surface area contributed by atoms with Gasteiger partial charge in [0.15, 0.2) is 0 Å². The molecule has 0 unspecified atom stereocenters. The molecule has 9 rings (SSSR count). The second kappa shape index (κ2) is 10.7.